The van der Waals surface area contributed by atoms with Crippen molar-refractivity contribution >= 4 is 11.6 Å². The molecule has 0 atom stereocenters. The van der Waals surface area contributed by atoms with Gasteiger partial charge in [-0.25, -0.2) is 0 Å². The molecule has 2 aromatic rings. The Balaban J connectivity index is 1.63. The van der Waals surface area contributed by atoms with Crippen molar-refractivity contribution in [1.29, 1.82) is 0 Å². The fraction of sp³-hybridized carbons (Fsp3) is 0.435. The van der Waals surface area contributed by atoms with E-state index in [1.54, 1.807) is 0 Å². The maximum atomic E-state index is 13.1. The first kappa shape index (κ1) is 19.6. The third-order valence-corrected chi connectivity index (χ3v) is 5.00. The van der Waals surface area contributed by atoms with Crippen molar-refractivity contribution in [3.05, 3.63) is 66.2 Å². The lowest BCUT2D eigenvalue weighted by atomic mass is 10.1. The van der Waals surface area contributed by atoms with Crippen molar-refractivity contribution in [2.45, 2.75) is 20.4 Å². The van der Waals surface area contributed by atoms with Crippen LogP contribution >= 0.6 is 0 Å². The van der Waals surface area contributed by atoms with Gasteiger partial charge in [0.25, 0.3) is 0 Å². The summed E-state index contributed by atoms with van der Waals surface area (Å²) in [4.78, 5) is 19.9. The van der Waals surface area contributed by atoms with Crippen LogP contribution in [0.2, 0.25) is 0 Å². The van der Waals surface area contributed by atoms with Gasteiger partial charge in [-0.05, 0) is 23.6 Å². The molecule has 144 valence electrons. The smallest absolute Gasteiger partial charge is 0.241 e. The molecule has 4 nitrogen and oxygen atoms in total. The van der Waals surface area contributed by atoms with Crippen molar-refractivity contribution in [2.75, 3.05) is 44.2 Å². The van der Waals surface area contributed by atoms with E-state index in [0.29, 0.717) is 19.0 Å². The number of hydrogen-bond acceptors (Lipinski definition) is 3. The molecule has 0 radical (unpaired) electrons. The maximum Gasteiger partial charge on any atom is 0.241 e. The molecule has 0 spiro atoms. The summed E-state index contributed by atoms with van der Waals surface area (Å²) in [6.07, 6.45) is 0. The lowest BCUT2D eigenvalue weighted by Gasteiger charge is -2.36. The normalized spacial score (nSPS) is 15.8. The van der Waals surface area contributed by atoms with Gasteiger partial charge in [0.2, 0.25) is 5.91 Å². The number of carbonyl (C=O) groups excluding carboxylic acids is 1. The second-order valence-electron chi connectivity index (χ2n) is 7.77. The van der Waals surface area contributed by atoms with Crippen LogP contribution in [0.3, 0.4) is 0 Å². The molecular weight excluding hydrogens is 334 g/mol. The Bertz CT molecular complexity index is 694. The molecule has 1 fully saturated rings. The van der Waals surface area contributed by atoms with E-state index in [9.17, 15) is 4.79 Å². The molecule has 2 aromatic carbocycles. The van der Waals surface area contributed by atoms with Gasteiger partial charge in [-0.15, -0.1) is 0 Å². The van der Waals surface area contributed by atoms with Crippen molar-refractivity contribution in [3.8, 4) is 0 Å². The minimum atomic E-state index is 0.169. The largest absolute Gasteiger partial charge is 0.307 e. The van der Waals surface area contributed by atoms with Gasteiger partial charge in [0.15, 0.2) is 0 Å². The second-order valence-corrected chi connectivity index (χ2v) is 7.77. The highest BCUT2D eigenvalue weighted by molar-refractivity contribution is 5.94. The molecule has 0 bridgehead atoms. The van der Waals surface area contributed by atoms with Gasteiger partial charge in [-0.2, -0.15) is 0 Å². The summed E-state index contributed by atoms with van der Waals surface area (Å²) in [7, 11) is 0. The summed E-state index contributed by atoms with van der Waals surface area (Å²) in [6.45, 7) is 10.8. The fourth-order valence-electron chi connectivity index (χ4n) is 3.62. The van der Waals surface area contributed by atoms with Gasteiger partial charge in [0, 0.05) is 38.4 Å². The van der Waals surface area contributed by atoms with E-state index in [0.717, 1.165) is 44.0 Å². The summed E-state index contributed by atoms with van der Waals surface area (Å²) >= 11 is 0. The van der Waals surface area contributed by atoms with Gasteiger partial charge >= 0.3 is 0 Å². The zero-order valence-corrected chi connectivity index (χ0v) is 16.6. The van der Waals surface area contributed by atoms with Gasteiger partial charge in [0.1, 0.15) is 0 Å². The molecule has 0 aliphatic carbocycles. The molecule has 1 amide bonds. The molecule has 1 saturated heterocycles. The Morgan fingerprint density at radius 1 is 0.889 bits per heavy atom. The van der Waals surface area contributed by atoms with Crippen LogP contribution in [0, 0.1) is 5.92 Å². The van der Waals surface area contributed by atoms with Crippen LogP contribution < -0.4 is 4.90 Å². The number of carbonyl (C=O) groups is 1. The van der Waals surface area contributed by atoms with E-state index in [4.69, 9.17) is 0 Å². The Kier molecular flexibility index (Phi) is 7.02. The van der Waals surface area contributed by atoms with Gasteiger partial charge in [0.05, 0.1) is 13.1 Å². The Morgan fingerprint density at radius 3 is 2.04 bits per heavy atom. The van der Waals surface area contributed by atoms with Crippen LogP contribution in [-0.2, 0) is 11.3 Å². The van der Waals surface area contributed by atoms with Crippen LogP contribution in [0.15, 0.2) is 60.7 Å². The van der Waals surface area contributed by atoms with Crippen molar-refractivity contribution in [2.24, 2.45) is 5.92 Å². The van der Waals surface area contributed by atoms with E-state index < -0.39 is 0 Å². The number of benzene rings is 2. The summed E-state index contributed by atoms with van der Waals surface area (Å²) in [5.74, 6) is 0.861. The van der Waals surface area contributed by atoms with Crippen molar-refractivity contribution in [1.82, 2.24) is 9.80 Å². The lowest BCUT2D eigenvalue weighted by molar-refractivity contribution is -0.120. The van der Waals surface area contributed by atoms with E-state index in [2.05, 4.69) is 35.8 Å². The highest BCUT2D eigenvalue weighted by Crippen LogP contribution is 2.18. The first-order chi connectivity index (χ1) is 13.1. The maximum absolute atomic E-state index is 13.1. The number of para-hydroxylation sites is 1. The average molecular weight is 366 g/mol. The minimum absolute atomic E-state index is 0.169. The van der Waals surface area contributed by atoms with E-state index in [-0.39, 0.29) is 5.91 Å². The fourth-order valence-corrected chi connectivity index (χ4v) is 3.62. The van der Waals surface area contributed by atoms with Gasteiger partial charge in [-0.3, -0.25) is 9.69 Å². The van der Waals surface area contributed by atoms with Crippen LogP contribution in [0.4, 0.5) is 5.69 Å². The molecule has 1 heterocycles. The number of amides is 1. The summed E-state index contributed by atoms with van der Waals surface area (Å²) in [5, 5.41) is 0. The number of rotatable bonds is 7. The number of piperazine rings is 1. The molecule has 0 aromatic heterocycles. The van der Waals surface area contributed by atoms with E-state index >= 15 is 0 Å². The number of hydrogen-bond donors (Lipinski definition) is 0. The molecule has 1 aliphatic heterocycles. The summed E-state index contributed by atoms with van der Waals surface area (Å²) < 4.78 is 0. The Hall–Kier alpha value is -2.17. The standard InChI is InChI=1S/C23H31N3O/c1-20(2)17-24-13-15-25(16-14-24)19-23(27)26(22-11-7-4-8-12-22)18-21-9-5-3-6-10-21/h3-12,20H,13-19H2,1-2H3. The van der Waals surface area contributed by atoms with Crippen LogP contribution in [0.5, 0.6) is 0 Å². The zero-order valence-electron chi connectivity index (χ0n) is 16.6. The highest BCUT2D eigenvalue weighted by Gasteiger charge is 2.23. The Morgan fingerprint density at radius 2 is 1.44 bits per heavy atom. The molecule has 3 rings (SSSR count). The average Bonchev–Trinajstić information content (AvgIpc) is 2.68. The van der Waals surface area contributed by atoms with Gasteiger partial charge < -0.3 is 9.80 Å². The summed E-state index contributed by atoms with van der Waals surface area (Å²) in [6, 6.07) is 20.2. The lowest BCUT2D eigenvalue weighted by Crippen LogP contribution is -2.50. The van der Waals surface area contributed by atoms with Crippen LogP contribution in [-0.4, -0.2) is 55.0 Å². The first-order valence-corrected chi connectivity index (χ1v) is 9.96. The van der Waals surface area contributed by atoms with E-state index in [1.807, 2.05) is 53.4 Å². The molecule has 1 aliphatic rings. The molecule has 27 heavy (non-hydrogen) atoms. The topological polar surface area (TPSA) is 26.8 Å². The summed E-state index contributed by atoms with van der Waals surface area (Å²) in [5.41, 5.74) is 2.11. The molecule has 4 heteroatoms. The predicted octanol–water partition coefficient (Wildman–Crippen LogP) is 3.49. The number of anilines is 1. The molecule has 0 N–H and O–H groups in total. The Labute approximate surface area is 163 Å². The number of nitrogens with zero attached hydrogens (tertiary/aromatic N) is 3. The molecule has 0 saturated carbocycles. The quantitative estimate of drug-likeness (QED) is 0.751. The highest BCUT2D eigenvalue weighted by atomic mass is 16.2. The predicted molar refractivity (Wildman–Crippen MR) is 112 cm³/mol. The van der Waals surface area contributed by atoms with Crippen LogP contribution in [0.25, 0.3) is 0 Å². The monoisotopic (exact) mass is 365 g/mol. The molecule has 0 unspecified atom stereocenters. The minimum Gasteiger partial charge on any atom is -0.307 e. The van der Waals surface area contributed by atoms with Crippen molar-refractivity contribution in [3.63, 3.8) is 0 Å². The van der Waals surface area contributed by atoms with Gasteiger partial charge in [-0.1, -0.05) is 62.4 Å². The van der Waals surface area contributed by atoms with Crippen LogP contribution in [0.1, 0.15) is 19.4 Å². The second kappa shape index (κ2) is 9.67. The van der Waals surface area contributed by atoms with Crippen molar-refractivity contribution < 1.29 is 4.79 Å². The van der Waals surface area contributed by atoms with E-state index in [1.165, 1.54) is 0 Å². The third-order valence-electron chi connectivity index (χ3n) is 5.00. The molecular formula is C23H31N3O. The zero-order chi connectivity index (χ0) is 19.1. The first-order valence-electron chi connectivity index (χ1n) is 9.96. The third kappa shape index (κ3) is 5.91. The SMILES string of the molecule is CC(C)CN1CCN(CC(=O)N(Cc2ccccc2)c2ccccc2)CC1.